The smallest absolute Gasteiger partial charge is 0.116 e. The first-order valence-corrected chi connectivity index (χ1v) is 3.59. The largest absolute Gasteiger partial charge is 0.508 e. The second kappa shape index (κ2) is 3.03. The van der Waals surface area contributed by atoms with Crippen LogP contribution in [0.3, 0.4) is 0 Å². The van der Waals surface area contributed by atoms with Crippen LogP contribution in [0.2, 0.25) is 0 Å². The molecular formula is C7H6BrO2. The highest BCUT2D eigenvalue weighted by atomic mass is 79.9. The number of rotatable bonds is 1. The van der Waals surface area contributed by atoms with E-state index in [4.69, 9.17) is 5.11 Å². The molecule has 1 aromatic rings. The second-order valence-corrected chi connectivity index (χ2v) is 2.77. The Balaban J connectivity index is 3.09. The first-order valence-electron chi connectivity index (χ1n) is 2.79. The Bertz CT molecular complexity index is 235. The minimum atomic E-state index is -0.311. The van der Waals surface area contributed by atoms with E-state index >= 15 is 0 Å². The zero-order valence-electron chi connectivity index (χ0n) is 5.17. The topological polar surface area (TPSA) is 40.1 Å². The molecule has 0 atom stereocenters. The van der Waals surface area contributed by atoms with E-state index < -0.39 is 0 Å². The van der Waals surface area contributed by atoms with Gasteiger partial charge in [-0.25, -0.2) is 5.11 Å². The Morgan fingerprint density at radius 3 is 2.70 bits per heavy atom. The lowest BCUT2D eigenvalue weighted by molar-refractivity contribution is 0.176. The van der Waals surface area contributed by atoms with Gasteiger partial charge in [0.15, 0.2) is 0 Å². The van der Waals surface area contributed by atoms with Crippen LogP contribution >= 0.6 is 15.9 Å². The summed E-state index contributed by atoms with van der Waals surface area (Å²) in [7, 11) is 0. The van der Waals surface area contributed by atoms with Crippen molar-refractivity contribution in [1.82, 2.24) is 0 Å². The zero-order valence-corrected chi connectivity index (χ0v) is 6.76. The van der Waals surface area contributed by atoms with E-state index in [2.05, 4.69) is 15.9 Å². The quantitative estimate of drug-likeness (QED) is 0.743. The van der Waals surface area contributed by atoms with E-state index in [1.54, 1.807) is 6.07 Å². The number of hydrogen-bond donors (Lipinski definition) is 1. The Kier molecular flexibility index (Phi) is 2.29. The molecule has 0 saturated carbocycles. The molecule has 0 aliphatic carbocycles. The van der Waals surface area contributed by atoms with Gasteiger partial charge in [-0.1, -0.05) is 15.9 Å². The minimum Gasteiger partial charge on any atom is -0.508 e. The standard InChI is InChI=1S/C7H6BrO2/c8-7-2-1-6(10)3-5(7)4-9/h1-3,10H,4H2. The fourth-order valence-electron chi connectivity index (χ4n) is 0.672. The maximum atomic E-state index is 10.4. The first kappa shape index (κ1) is 7.57. The molecule has 0 aliphatic rings. The molecule has 0 bridgehead atoms. The summed E-state index contributed by atoms with van der Waals surface area (Å²) >= 11 is 3.18. The third-order valence-corrected chi connectivity index (χ3v) is 1.96. The third kappa shape index (κ3) is 1.49. The van der Waals surface area contributed by atoms with Gasteiger partial charge >= 0.3 is 0 Å². The molecule has 1 aromatic carbocycles. The van der Waals surface area contributed by atoms with E-state index in [9.17, 15) is 5.11 Å². The first-order chi connectivity index (χ1) is 4.74. The minimum absolute atomic E-state index is 0.133. The number of halogens is 1. The fourth-order valence-corrected chi connectivity index (χ4v) is 1.03. The number of phenols is 1. The van der Waals surface area contributed by atoms with Crippen LogP contribution in [0.1, 0.15) is 5.56 Å². The lowest BCUT2D eigenvalue weighted by Gasteiger charge is -1.98. The van der Waals surface area contributed by atoms with Crippen LogP contribution < -0.4 is 0 Å². The van der Waals surface area contributed by atoms with Gasteiger partial charge in [0.05, 0.1) is 0 Å². The summed E-state index contributed by atoms with van der Waals surface area (Å²) in [4.78, 5) is 0. The number of phenolic OH excluding ortho intramolecular Hbond substituents is 1. The normalized spacial score (nSPS) is 9.80. The Morgan fingerprint density at radius 1 is 1.50 bits per heavy atom. The van der Waals surface area contributed by atoms with E-state index in [0.29, 0.717) is 5.56 Å². The highest BCUT2D eigenvalue weighted by Crippen LogP contribution is 2.21. The molecule has 0 spiro atoms. The molecule has 0 aromatic heterocycles. The summed E-state index contributed by atoms with van der Waals surface area (Å²) in [6, 6.07) is 4.64. The van der Waals surface area contributed by atoms with Gasteiger partial charge in [0.1, 0.15) is 12.4 Å². The van der Waals surface area contributed by atoms with Gasteiger partial charge in [-0.3, -0.25) is 0 Å². The van der Waals surface area contributed by atoms with E-state index in [1.807, 2.05) is 0 Å². The van der Waals surface area contributed by atoms with Crippen molar-refractivity contribution in [3.8, 4) is 5.75 Å². The number of benzene rings is 1. The molecule has 1 N–H and O–H groups in total. The van der Waals surface area contributed by atoms with E-state index in [1.165, 1.54) is 12.1 Å². The summed E-state index contributed by atoms with van der Waals surface area (Å²) in [5.74, 6) is 0.133. The fraction of sp³-hybridized carbons (Fsp3) is 0.143. The van der Waals surface area contributed by atoms with Gasteiger partial charge in [-0.15, -0.1) is 0 Å². The molecular weight excluding hydrogens is 196 g/mol. The molecule has 0 amide bonds. The highest BCUT2D eigenvalue weighted by molar-refractivity contribution is 9.10. The van der Waals surface area contributed by atoms with Crippen molar-refractivity contribution in [3.63, 3.8) is 0 Å². The van der Waals surface area contributed by atoms with Gasteiger partial charge in [-0.2, -0.15) is 0 Å². The molecule has 2 nitrogen and oxygen atoms in total. The van der Waals surface area contributed by atoms with Crippen LogP contribution in [0.5, 0.6) is 5.75 Å². The monoisotopic (exact) mass is 201 g/mol. The second-order valence-electron chi connectivity index (χ2n) is 1.92. The molecule has 3 heteroatoms. The van der Waals surface area contributed by atoms with Crippen molar-refractivity contribution in [1.29, 1.82) is 0 Å². The molecule has 0 saturated heterocycles. The molecule has 10 heavy (non-hydrogen) atoms. The number of aromatic hydroxyl groups is 1. The molecule has 1 radical (unpaired) electrons. The van der Waals surface area contributed by atoms with Crippen molar-refractivity contribution >= 4 is 15.9 Å². The summed E-state index contributed by atoms with van der Waals surface area (Å²) in [5, 5.41) is 19.3. The molecule has 0 unspecified atom stereocenters. The summed E-state index contributed by atoms with van der Waals surface area (Å²) in [6.07, 6.45) is 0. The molecule has 0 fully saturated rings. The van der Waals surface area contributed by atoms with Gasteiger partial charge < -0.3 is 5.11 Å². The lowest BCUT2D eigenvalue weighted by Crippen LogP contribution is -1.81. The molecule has 53 valence electrons. The SMILES string of the molecule is [O]Cc1cc(O)ccc1Br. The Hall–Kier alpha value is -0.540. The van der Waals surface area contributed by atoms with Gasteiger partial charge in [0, 0.05) is 4.47 Å². The van der Waals surface area contributed by atoms with Crippen LogP contribution in [-0.4, -0.2) is 5.11 Å². The van der Waals surface area contributed by atoms with Gasteiger partial charge in [0.25, 0.3) is 0 Å². The van der Waals surface area contributed by atoms with E-state index in [0.717, 1.165) is 4.47 Å². The summed E-state index contributed by atoms with van der Waals surface area (Å²) in [5.41, 5.74) is 0.583. The van der Waals surface area contributed by atoms with Crippen LogP contribution in [0.15, 0.2) is 22.7 Å². The van der Waals surface area contributed by atoms with E-state index in [-0.39, 0.29) is 12.4 Å². The van der Waals surface area contributed by atoms with Crippen LogP contribution in [0, 0.1) is 0 Å². The predicted molar refractivity (Wildman–Crippen MR) is 40.2 cm³/mol. The van der Waals surface area contributed by atoms with Gasteiger partial charge in [-0.05, 0) is 23.8 Å². The average Bonchev–Trinajstić information content (AvgIpc) is 1.94. The van der Waals surface area contributed by atoms with Crippen molar-refractivity contribution < 1.29 is 10.2 Å². The Morgan fingerprint density at radius 2 is 2.20 bits per heavy atom. The number of hydrogen-bond acceptors (Lipinski definition) is 1. The lowest BCUT2D eigenvalue weighted by atomic mass is 10.2. The Labute approximate surface area is 67.3 Å². The summed E-state index contributed by atoms with van der Waals surface area (Å²) < 4.78 is 0.750. The van der Waals surface area contributed by atoms with Gasteiger partial charge in [0.2, 0.25) is 0 Å². The zero-order chi connectivity index (χ0) is 7.56. The van der Waals surface area contributed by atoms with Crippen LogP contribution in [0.25, 0.3) is 0 Å². The van der Waals surface area contributed by atoms with Crippen LogP contribution in [0.4, 0.5) is 0 Å². The maximum Gasteiger partial charge on any atom is 0.116 e. The van der Waals surface area contributed by atoms with Crippen molar-refractivity contribution in [3.05, 3.63) is 28.2 Å². The average molecular weight is 202 g/mol. The molecule has 0 aliphatic heterocycles. The maximum absolute atomic E-state index is 10.4. The highest BCUT2D eigenvalue weighted by Gasteiger charge is 1.98. The molecule has 0 heterocycles. The third-order valence-electron chi connectivity index (χ3n) is 1.18. The van der Waals surface area contributed by atoms with Crippen molar-refractivity contribution in [2.45, 2.75) is 6.61 Å². The van der Waals surface area contributed by atoms with Crippen LogP contribution in [-0.2, 0) is 11.7 Å². The molecule has 1 rings (SSSR count). The predicted octanol–water partition coefficient (Wildman–Crippen LogP) is 2.09. The van der Waals surface area contributed by atoms with Crippen molar-refractivity contribution in [2.24, 2.45) is 0 Å². The summed E-state index contributed by atoms with van der Waals surface area (Å²) in [6.45, 7) is -0.311. The van der Waals surface area contributed by atoms with Crippen molar-refractivity contribution in [2.75, 3.05) is 0 Å².